The van der Waals surface area contributed by atoms with E-state index in [0.717, 1.165) is 62.7 Å². The summed E-state index contributed by atoms with van der Waals surface area (Å²) >= 11 is 0. The van der Waals surface area contributed by atoms with Crippen LogP contribution in [0.25, 0.3) is 0 Å². The topological polar surface area (TPSA) is 96.5 Å². The number of rotatable bonds is 7. The SMILES string of the molecule is O=C(COC(=O)CCNC(=O)NC12CC3CC(CC(C3)C1)C2)NC1CCCCCC1. The molecule has 5 fully saturated rings. The van der Waals surface area contributed by atoms with E-state index in [-0.39, 0.29) is 43.1 Å². The summed E-state index contributed by atoms with van der Waals surface area (Å²) in [6.07, 6.45) is 14.1. The van der Waals surface area contributed by atoms with E-state index in [4.69, 9.17) is 4.74 Å². The van der Waals surface area contributed by atoms with Crippen LogP contribution < -0.4 is 16.0 Å². The second-order valence-electron chi connectivity index (χ2n) is 10.2. The molecule has 3 amide bonds. The Kier molecular flexibility index (Phi) is 6.84. The lowest BCUT2D eigenvalue weighted by Gasteiger charge is -2.56. The Hall–Kier alpha value is -1.79. The van der Waals surface area contributed by atoms with Crippen molar-refractivity contribution in [3.8, 4) is 0 Å². The molecule has 5 saturated carbocycles. The van der Waals surface area contributed by atoms with Crippen LogP contribution in [0.15, 0.2) is 0 Å². The Labute approximate surface area is 179 Å². The maximum Gasteiger partial charge on any atom is 0.315 e. The predicted molar refractivity (Wildman–Crippen MR) is 113 cm³/mol. The standard InChI is InChI=1S/C23H37N3O4/c27-20(25-19-5-3-1-2-4-6-19)15-30-21(28)7-8-24-22(29)26-23-12-16-9-17(13-23)11-18(10-16)14-23/h16-19H,1-15H2,(H,25,27)(H2,24,26,29). The van der Waals surface area contributed by atoms with E-state index in [9.17, 15) is 14.4 Å². The van der Waals surface area contributed by atoms with Crippen LogP contribution in [0.3, 0.4) is 0 Å². The minimum Gasteiger partial charge on any atom is -0.456 e. The van der Waals surface area contributed by atoms with Crippen LogP contribution >= 0.6 is 0 Å². The Balaban J connectivity index is 1.10. The van der Waals surface area contributed by atoms with Crippen LogP contribution in [0.4, 0.5) is 4.79 Å². The average Bonchev–Trinajstić information content (AvgIpc) is 2.93. The highest BCUT2D eigenvalue weighted by molar-refractivity contribution is 5.81. The molecule has 0 aromatic rings. The van der Waals surface area contributed by atoms with E-state index in [0.29, 0.717) is 0 Å². The number of urea groups is 1. The molecule has 0 aliphatic heterocycles. The van der Waals surface area contributed by atoms with Gasteiger partial charge in [-0.1, -0.05) is 25.7 Å². The van der Waals surface area contributed by atoms with Crippen LogP contribution in [-0.4, -0.2) is 42.6 Å². The number of hydrogen-bond acceptors (Lipinski definition) is 4. The highest BCUT2D eigenvalue weighted by Gasteiger charge is 2.51. The fourth-order valence-electron chi connectivity index (χ4n) is 6.74. The Morgan fingerprint density at radius 3 is 2.07 bits per heavy atom. The molecular weight excluding hydrogens is 382 g/mol. The molecule has 5 aliphatic rings. The molecule has 168 valence electrons. The van der Waals surface area contributed by atoms with Crippen LogP contribution in [-0.2, 0) is 14.3 Å². The summed E-state index contributed by atoms with van der Waals surface area (Å²) in [6, 6.07) is 0.0181. The molecule has 0 atom stereocenters. The van der Waals surface area contributed by atoms with Crippen molar-refractivity contribution >= 4 is 17.9 Å². The third-order valence-electron chi connectivity index (χ3n) is 7.62. The molecule has 0 saturated heterocycles. The largest absolute Gasteiger partial charge is 0.456 e. The van der Waals surface area contributed by atoms with Crippen molar-refractivity contribution in [2.45, 2.75) is 95.1 Å². The maximum atomic E-state index is 12.4. The van der Waals surface area contributed by atoms with Gasteiger partial charge in [-0.05, 0) is 69.1 Å². The van der Waals surface area contributed by atoms with E-state index < -0.39 is 5.97 Å². The third-order valence-corrected chi connectivity index (χ3v) is 7.62. The van der Waals surface area contributed by atoms with Crippen molar-refractivity contribution < 1.29 is 19.1 Å². The number of esters is 1. The van der Waals surface area contributed by atoms with Gasteiger partial charge in [0.05, 0.1) is 6.42 Å². The van der Waals surface area contributed by atoms with Gasteiger partial charge in [0.1, 0.15) is 0 Å². The average molecular weight is 420 g/mol. The number of ether oxygens (including phenoxy) is 1. The van der Waals surface area contributed by atoms with E-state index >= 15 is 0 Å². The second-order valence-corrected chi connectivity index (χ2v) is 10.2. The number of nitrogens with one attached hydrogen (secondary N) is 3. The minimum absolute atomic E-state index is 0.0323. The first-order valence-electron chi connectivity index (χ1n) is 12.0. The van der Waals surface area contributed by atoms with Crippen molar-refractivity contribution in [1.82, 2.24) is 16.0 Å². The lowest BCUT2D eigenvalue weighted by molar-refractivity contribution is -0.148. The van der Waals surface area contributed by atoms with E-state index in [2.05, 4.69) is 16.0 Å². The summed E-state index contributed by atoms with van der Waals surface area (Å²) in [5.74, 6) is 1.63. The van der Waals surface area contributed by atoms with E-state index in [1.54, 1.807) is 0 Å². The minimum atomic E-state index is -0.457. The quantitative estimate of drug-likeness (QED) is 0.436. The first-order chi connectivity index (χ1) is 14.5. The van der Waals surface area contributed by atoms with E-state index in [1.165, 1.54) is 32.1 Å². The van der Waals surface area contributed by atoms with Crippen LogP contribution in [0.1, 0.15) is 83.5 Å². The first-order valence-corrected chi connectivity index (χ1v) is 12.0. The first kappa shape index (κ1) is 21.4. The van der Waals surface area contributed by atoms with Gasteiger partial charge in [0.15, 0.2) is 6.61 Å². The highest BCUT2D eigenvalue weighted by atomic mass is 16.5. The summed E-state index contributed by atoms with van der Waals surface area (Å²) in [4.78, 5) is 36.3. The zero-order chi connectivity index (χ0) is 21.0. The van der Waals surface area contributed by atoms with E-state index in [1.807, 2.05) is 0 Å². The Morgan fingerprint density at radius 2 is 1.47 bits per heavy atom. The monoisotopic (exact) mass is 419 g/mol. The molecule has 0 heterocycles. The second kappa shape index (κ2) is 9.56. The molecule has 0 aromatic carbocycles. The fourth-order valence-corrected chi connectivity index (χ4v) is 6.74. The molecule has 0 unspecified atom stereocenters. The Bertz CT molecular complexity index is 607. The summed E-state index contributed by atoms with van der Waals surface area (Å²) in [5.41, 5.74) is -0.0323. The van der Waals surface area contributed by atoms with Gasteiger partial charge >= 0.3 is 12.0 Å². The van der Waals surface area contributed by atoms with Crippen LogP contribution in [0.2, 0.25) is 0 Å². The zero-order valence-corrected chi connectivity index (χ0v) is 18.0. The normalized spacial score (nSPS) is 32.9. The van der Waals surface area contributed by atoms with Gasteiger partial charge in [-0.25, -0.2) is 4.79 Å². The van der Waals surface area contributed by atoms with Gasteiger partial charge in [0.25, 0.3) is 5.91 Å². The molecule has 7 heteroatoms. The third kappa shape index (κ3) is 5.67. The van der Waals surface area contributed by atoms with Crippen LogP contribution in [0.5, 0.6) is 0 Å². The predicted octanol–water partition coefficient (Wildman–Crippen LogP) is 3.03. The fraction of sp³-hybridized carbons (Fsp3) is 0.870. The molecule has 0 radical (unpaired) electrons. The molecule has 7 nitrogen and oxygen atoms in total. The van der Waals surface area contributed by atoms with Gasteiger partial charge in [-0.2, -0.15) is 0 Å². The number of hydrogen-bond donors (Lipinski definition) is 3. The lowest BCUT2D eigenvalue weighted by atomic mass is 9.53. The zero-order valence-electron chi connectivity index (χ0n) is 18.0. The summed E-state index contributed by atoms with van der Waals surface area (Å²) in [7, 11) is 0. The number of carbonyl (C=O) groups excluding carboxylic acids is 3. The molecule has 4 bridgehead atoms. The van der Waals surface area contributed by atoms with Crippen molar-refractivity contribution in [2.75, 3.05) is 13.2 Å². The van der Waals surface area contributed by atoms with Gasteiger partial charge in [0, 0.05) is 18.1 Å². The molecular formula is C23H37N3O4. The van der Waals surface area contributed by atoms with Gasteiger partial charge in [0.2, 0.25) is 0 Å². The smallest absolute Gasteiger partial charge is 0.315 e. The number of carbonyl (C=O) groups is 3. The number of amides is 3. The molecule has 0 aromatic heterocycles. The highest BCUT2D eigenvalue weighted by Crippen LogP contribution is 2.55. The van der Waals surface area contributed by atoms with Crippen LogP contribution in [0, 0.1) is 17.8 Å². The maximum absolute atomic E-state index is 12.4. The van der Waals surface area contributed by atoms with Crippen molar-refractivity contribution in [3.63, 3.8) is 0 Å². The van der Waals surface area contributed by atoms with Gasteiger partial charge in [-0.15, -0.1) is 0 Å². The Morgan fingerprint density at radius 1 is 0.867 bits per heavy atom. The van der Waals surface area contributed by atoms with Crippen molar-refractivity contribution in [1.29, 1.82) is 0 Å². The summed E-state index contributed by atoms with van der Waals surface area (Å²) in [6.45, 7) is -0.0178. The van der Waals surface area contributed by atoms with Gasteiger partial charge < -0.3 is 20.7 Å². The van der Waals surface area contributed by atoms with Gasteiger partial charge in [-0.3, -0.25) is 9.59 Å². The molecule has 5 rings (SSSR count). The summed E-state index contributed by atoms with van der Waals surface area (Å²) in [5, 5.41) is 9.00. The lowest BCUT2D eigenvalue weighted by Crippen LogP contribution is -2.61. The molecule has 0 spiro atoms. The van der Waals surface area contributed by atoms with Crippen molar-refractivity contribution in [2.24, 2.45) is 17.8 Å². The molecule has 30 heavy (non-hydrogen) atoms. The molecule has 3 N–H and O–H groups in total. The van der Waals surface area contributed by atoms with Crippen molar-refractivity contribution in [3.05, 3.63) is 0 Å². The molecule has 5 aliphatic carbocycles. The summed E-state index contributed by atoms with van der Waals surface area (Å²) < 4.78 is 5.07.